The molecule has 3 heterocycles. The second-order valence-electron chi connectivity index (χ2n) is 7.41. The zero-order chi connectivity index (χ0) is 19.0. The van der Waals surface area contributed by atoms with Crippen molar-refractivity contribution in [3.8, 4) is 0 Å². The van der Waals surface area contributed by atoms with E-state index < -0.39 is 0 Å². The lowest BCUT2D eigenvalue weighted by atomic mass is 9.97. The summed E-state index contributed by atoms with van der Waals surface area (Å²) in [7, 11) is 3.89. The number of hydrogen-bond acceptors (Lipinski definition) is 6. The molecule has 0 spiro atoms. The van der Waals surface area contributed by atoms with Crippen LogP contribution >= 0.6 is 0 Å². The first-order chi connectivity index (χ1) is 13.1. The van der Waals surface area contributed by atoms with Crippen molar-refractivity contribution in [3.05, 3.63) is 41.6 Å². The van der Waals surface area contributed by atoms with Gasteiger partial charge in [0.05, 0.1) is 11.7 Å². The monoisotopic (exact) mass is 366 g/mol. The molecule has 4 rings (SSSR count). The average Bonchev–Trinajstić information content (AvgIpc) is 2.96. The molecule has 0 unspecified atom stereocenters. The molecule has 0 radical (unpaired) electrons. The van der Waals surface area contributed by atoms with Gasteiger partial charge >= 0.3 is 0 Å². The van der Waals surface area contributed by atoms with Crippen LogP contribution < -0.4 is 16.0 Å². The molecule has 1 saturated heterocycles. The van der Waals surface area contributed by atoms with Gasteiger partial charge in [0.25, 0.3) is 0 Å². The molecular weight excluding hydrogens is 340 g/mol. The highest BCUT2D eigenvalue weighted by Gasteiger charge is 2.44. The van der Waals surface area contributed by atoms with Crippen molar-refractivity contribution in [2.45, 2.75) is 37.8 Å². The number of nitrogens with two attached hydrogens (primary N) is 1. The molecule has 2 aliphatic heterocycles. The first kappa shape index (κ1) is 17.7. The molecule has 142 valence electrons. The van der Waals surface area contributed by atoms with Gasteiger partial charge in [0.15, 0.2) is 0 Å². The van der Waals surface area contributed by atoms with Crippen LogP contribution in [0.4, 0.5) is 17.5 Å². The molecule has 2 aromatic rings. The number of para-hydroxylation sites is 1. The normalized spacial score (nSPS) is 20.3. The van der Waals surface area contributed by atoms with Gasteiger partial charge < -0.3 is 20.9 Å². The fourth-order valence-electron chi connectivity index (χ4n) is 4.18. The second-order valence-corrected chi connectivity index (χ2v) is 7.41. The van der Waals surface area contributed by atoms with Gasteiger partial charge in [-0.3, -0.25) is 4.79 Å². The van der Waals surface area contributed by atoms with Crippen LogP contribution in [0.1, 0.15) is 36.6 Å². The van der Waals surface area contributed by atoms with Gasteiger partial charge in [0.2, 0.25) is 11.9 Å². The molecule has 1 aromatic heterocycles. The third-order valence-electron chi connectivity index (χ3n) is 5.36. The minimum Gasteiger partial charge on any atom is -0.347 e. The topological polar surface area (TPSA) is 87.4 Å². The summed E-state index contributed by atoms with van der Waals surface area (Å²) in [5.74, 6) is 1.62. The van der Waals surface area contributed by atoms with E-state index in [0.29, 0.717) is 18.9 Å². The molecule has 1 aromatic carbocycles. The van der Waals surface area contributed by atoms with E-state index in [-0.39, 0.29) is 18.0 Å². The summed E-state index contributed by atoms with van der Waals surface area (Å²) in [6.45, 7) is 0.382. The molecule has 7 heteroatoms. The molecular formula is C20H26N6O. The molecule has 0 aliphatic carbocycles. The Bertz CT molecular complexity index is 838. The molecule has 7 nitrogen and oxygen atoms in total. The number of nitrogens with one attached hydrogen (secondary N) is 1. The maximum absolute atomic E-state index is 12.7. The summed E-state index contributed by atoms with van der Waals surface area (Å²) < 4.78 is 0. The quantitative estimate of drug-likeness (QED) is 0.844. The van der Waals surface area contributed by atoms with E-state index in [0.717, 1.165) is 42.0 Å². The van der Waals surface area contributed by atoms with Crippen LogP contribution in [0.15, 0.2) is 30.3 Å². The van der Waals surface area contributed by atoms with Gasteiger partial charge in [0.1, 0.15) is 5.82 Å². The molecule has 3 N–H and O–H groups in total. The van der Waals surface area contributed by atoms with Gasteiger partial charge in [-0.1, -0.05) is 18.2 Å². The number of rotatable bonds is 5. The highest BCUT2D eigenvalue weighted by molar-refractivity contribution is 5.79. The van der Waals surface area contributed by atoms with Crippen LogP contribution in [-0.2, 0) is 11.2 Å². The van der Waals surface area contributed by atoms with Crippen molar-refractivity contribution in [2.24, 2.45) is 5.73 Å². The Kier molecular flexibility index (Phi) is 4.70. The van der Waals surface area contributed by atoms with Crippen LogP contribution in [0, 0.1) is 0 Å². The predicted molar refractivity (Wildman–Crippen MR) is 106 cm³/mol. The maximum Gasteiger partial charge on any atom is 0.227 e. The number of hydrogen-bond donors (Lipinski definition) is 2. The Morgan fingerprint density at radius 3 is 2.74 bits per heavy atom. The summed E-state index contributed by atoms with van der Waals surface area (Å²) in [4.78, 5) is 26.2. The zero-order valence-corrected chi connectivity index (χ0v) is 15.9. The van der Waals surface area contributed by atoms with Gasteiger partial charge in [-0.2, -0.15) is 4.98 Å². The molecule has 2 aliphatic rings. The van der Waals surface area contributed by atoms with E-state index in [9.17, 15) is 4.79 Å². The van der Waals surface area contributed by atoms with Crippen LogP contribution in [0.5, 0.6) is 0 Å². The van der Waals surface area contributed by atoms with E-state index in [1.807, 2.05) is 54.2 Å². The number of carbonyl (C=O) groups is 1. The lowest BCUT2D eigenvalue weighted by Gasteiger charge is -2.37. The first-order valence-electron chi connectivity index (χ1n) is 9.50. The number of carbonyl (C=O) groups excluding carboxylic acids is 1. The Morgan fingerprint density at radius 2 is 2.04 bits per heavy atom. The van der Waals surface area contributed by atoms with Crippen LogP contribution in [0.25, 0.3) is 0 Å². The van der Waals surface area contributed by atoms with E-state index in [2.05, 4.69) is 5.32 Å². The molecule has 0 saturated carbocycles. The SMILES string of the molecule is CN(C)c1nc2c(c(Nc3ccccc3)n1)[C@H]1CC[C@H](C2)N1C(=O)CCN. The first-order valence-corrected chi connectivity index (χ1v) is 9.50. The molecule has 2 atom stereocenters. The lowest BCUT2D eigenvalue weighted by Crippen LogP contribution is -2.43. The number of fused-ring (bicyclic) bond motifs is 4. The van der Waals surface area contributed by atoms with Gasteiger partial charge in [-0.25, -0.2) is 4.98 Å². The summed E-state index contributed by atoms with van der Waals surface area (Å²) in [6, 6.07) is 10.2. The maximum atomic E-state index is 12.7. The second kappa shape index (κ2) is 7.15. The van der Waals surface area contributed by atoms with Gasteiger partial charge in [-0.05, 0) is 25.0 Å². The lowest BCUT2D eigenvalue weighted by molar-refractivity contribution is -0.134. The van der Waals surface area contributed by atoms with Crippen molar-refractivity contribution in [1.82, 2.24) is 14.9 Å². The van der Waals surface area contributed by atoms with Gasteiger partial charge in [0, 0.05) is 50.8 Å². The largest absolute Gasteiger partial charge is 0.347 e. The number of nitrogens with zero attached hydrogens (tertiary/aromatic N) is 4. The van der Waals surface area contributed by atoms with E-state index >= 15 is 0 Å². The molecule has 1 fully saturated rings. The van der Waals surface area contributed by atoms with E-state index in [4.69, 9.17) is 15.7 Å². The van der Waals surface area contributed by atoms with Crippen molar-refractivity contribution in [3.63, 3.8) is 0 Å². The average molecular weight is 366 g/mol. The van der Waals surface area contributed by atoms with Crippen molar-refractivity contribution >= 4 is 23.4 Å². The minimum atomic E-state index is 0.0280. The van der Waals surface area contributed by atoms with Gasteiger partial charge in [-0.15, -0.1) is 0 Å². The summed E-state index contributed by atoms with van der Waals surface area (Å²) in [5.41, 5.74) is 8.72. The fourth-order valence-corrected chi connectivity index (χ4v) is 4.18. The number of anilines is 3. The third-order valence-corrected chi connectivity index (χ3v) is 5.36. The predicted octanol–water partition coefficient (Wildman–Crippen LogP) is 2.22. The summed E-state index contributed by atoms with van der Waals surface area (Å²) >= 11 is 0. The van der Waals surface area contributed by atoms with Crippen LogP contribution in [0.3, 0.4) is 0 Å². The number of benzene rings is 1. The smallest absolute Gasteiger partial charge is 0.227 e. The van der Waals surface area contributed by atoms with Crippen LogP contribution in [0.2, 0.25) is 0 Å². The number of aromatic nitrogens is 2. The van der Waals surface area contributed by atoms with E-state index in [1.54, 1.807) is 0 Å². The third kappa shape index (κ3) is 3.23. The molecule has 2 bridgehead atoms. The summed E-state index contributed by atoms with van der Waals surface area (Å²) in [6.07, 6.45) is 3.11. The highest BCUT2D eigenvalue weighted by atomic mass is 16.2. The van der Waals surface area contributed by atoms with Crippen molar-refractivity contribution < 1.29 is 4.79 Å². The Labute approximate surface area is 159 Å². The number of amides is 1. The van der Waals surface area contributed by atoms with E-state index in [1.165, 1.54) is 0 Å². The minimum absolute atomic E-state index is 0.0280. The fraction of sp³-hybridized carbons (Fsp3) is 0.450. The summed E-state index contributed by atoms with van der Waals surface area (Å²) in [5, 5.41) is 3.46. The zero-order valence-electron chi connectivity index (χ0n) is 15.9. The van der Waals surface area contributed by atoms with Crippen molar-refractivity contribution in [1.29, 1.82) is 0 Å². The van der Waals surface area contributed by atoms with Crippen LogP contribution in [-0.4, -0.2) is 47.5 Å². The Balaban J connectivity index is 1.78. The molecule has 27 heavy (non-hydrogen) atoms. The Morgan fingerprint density at radius 1 is 1.26 bits per heavy atom. The standard InChI is InChI=1S/C20H26N6O/c1-25(2)20-23-15-12-14-8-9-16(26(14)17(27)10-11-21)18(15)19(24-20)22-13-6-4-3-5-7-13/h3-7,14,16H,8-12,21H2,1-2H3,(H,22,23,24)/t14-,16-/m1/s1. The Hall–Kier alpha value is -2.67. The molecule has 1 amide bonds. The van der Waals surface area contributed by atoms with Crippen molar-refractivity contribution in [2.75, 3.05) is 30.9 Å². The highest BCUT2D eigenvalue weighted by Crippen LogP contribution is 2.46.